The molecule has 2 aliphatic rings. The summed E-state index contributed by atoms with van der Waals surface area (Å²) in [5.41, 5.74) is 9.27. The highest BCUT2D eigenvalue weighted by atomic mass is 14.9. The molecule has 2 rings (SSSR count). The van der Waals surface area contributed by atoms with Crippen molar-refractivity contribution in [1.29, 1.82) is 0 Å². The number of nitrogens with one attached hydrogen (secondary N) is 1. The molecule has 2 heteroatoms. The fourth-order valence-electron chi connectivity index (χ4n) is 4.59. The van der Waals surface area contributed by atoms with Crippen LogP contribution in [-0.4, -0.2) is 18.8 Å². The molecule has 0 aromatic rings. The summed E-state index contributed by atoms with van der Waals surface area (Å²) in [5, 5.41) is 3.54. The van der Waals surface area contributed by atoms with E-state index in [4.69, 9.17) is 4.99 Å². The molecule has 35 heavy (non-hydrogen) atoms. The summed E-state index contributed by atoms with van der Waals surface area (Å²) < 4.78 is 0. The molecule has 1 saturated carbocycles. The van der Waals surface area contributed by atoms with Gasteiger partial charge in [0.05, 0.1) is 5.70 Å². The van der Waals surface area contributed by atoms with Crippen molar-refractivity contribution >= 4 is 5.71 Å². The minimum Gasteiger partial charge on any atom is -0.313 e. The Labute approximate surface area is 215 Å². The van der Waals surface area contributed by atoms with E-state index in [1.807, 2.05) is 6.08 Å². The molecule has 188 valence electrons. The monoisotopic (exact) mass is 470 g/mol. The second-order valence-corrected chi connectivity index (χ2v) is 9.97. The average molecular weight is 471 g/mol. The van der Waals surface area contributed by atoms with E-state index in [0.29, 0.717) is 12.0 Å². The highest BCUT2D eigenvalue weighted by Gasteiger charge is 2.20. The fourth-order valence-corrected chi connectivity index (χ4v) is 4.59. The summed E-state index contributed by atoms with van der Waals surface area (Å²) in [7, 11) is 2.07. The van der Waals surface area contributed by atoms with E-state index in [1.165, 1.54) is 48.0 Å². The van der Waals surface area contributed by atoms with E-state index in [-0.39, 0.29) is 0 Å². The van der Waals surface area contributed by atoms with E-state index < -0.39 is 0 Å². The van der Waals surface area contributed by atoms with E-state index in [9.17, 15) is 0 Å². The zero-order valence-corrected chi connectivity index (χ0v) is 22.6. The van der Waals surface area contributed by atoms with Crippen LogP contribution in [0.5, 0.6) is 0 Å². The van der Waals surface area contributed by atoms with Gasteiger partial charge >= 0.3 is 0 Å². The Kier molecular flexibility index (Phi) is 11.9. The predicted molar refractivity (Wildman–Crippen MR) is 157 cm³/mol. The topological polar surface area (TPSA) is 24.4 Å². The number of allylic oxidation sites excluding steroid dienone is 11. The zero-order valence-electron chi connectivity index (χ0n) is 22.6. The van der Waals surface area contributed by atoms with Gasteiger partial charge in [0.15, 0.2) is 0 Å². The van der Waals surface area contributed by atoms with Gasteiger partial charge in [0, 0.05) is 18.2 Å². The summed E-state index contributed by atoms with van der Waals surface area (Å²) in [6.45, 7) is 22.9. The maximum absolute atomic E-state index is 5.10. The van der Waals surface area contributed by atoms with Crippen LogP contribution in [0.3, 0.4) is 0 Å². The highest BCUT2D eigenvalue weighted by molar-refractivity contribution is 5.98. The van der Waals surface area contributed by atoms with E-state index in [1.54, 1.807) is 0 Å². The molecule has 0 radical (unpaired) electrons. The molecule has 2 unspecified atom stereocenters. The first-order chi connectivity index (χ1) is 16.8. The molecule has 0 spiro atoms. The van der Waals surface area contributed by atoms with Crippen molar-refractivity contribution < 1.29 is 0 Å². The molecule has 1 heterocycles. The van der Waals surface area contributed by atoms with Gasteiger partial charge in [0.25, 0.3) is 0 Å². The fraction of sp³-hybridized carbons (Fsp3) is 0.424. The molecule has 0 saturated heterocycles. The SMILES string of the molecule is C=C/C(C)=C\CC(=C)/C(C)=C\C(=C/C)C1=CCC(=C)CC(/C=C\C(NC)C2CCCC(=C)CC2)=N1. The number of hydrogen-bond acceptors (Lipinski definition) is 2. The van der Waals surface area contributed by atoms with E-state index in [0.717, 1.165) is 48.2 Å². The molecular weight excluding hydrogens is 424 g/mol. The van der Waals surface area contributed by atoms with Gasteiger partial charge in [-0.15, -0.1) is 0 Å². The van der Waals surface area contributed by atoms with Gasteiger partial charge in [-0.3, -0.25) is 4.99 Å². The minimum atomic E-state index is 0.353. The van der Waals surface area contributed by atoms with Gasteiger partial charge in [0.1, 0.15) is 0 Å². The molecule has 2 atom stereocenters. The molecule has 0 aromatic heterocycles. The Morgan fingerprint density at radius 3 is 2.66 bits per heavy atom. The van der Waals surface area contributed by atoms with Crippen LogP contribution in [0.25, 0.3) is 0 Å². The minimum absolute atomic E-state index is 0.353. The maximum atomic E-state index is 5.10. The number of nitrogens with zero attached hydrogens (tertiary/aromatic N) is 1. The number of likely N-dealkylation sites (N-methyl/N-ethyl adjacent to an activating group) is 1. The molecule has 1 fully saturated rings. The Balaban J connectivity index is 2.22. The van der Waals surface area contributed by atoms with Crippen molar-refractivity contribution in [3.8, 4) is 0 Å². The Morgan fingerprint density at radius 2 is 1.97 bits per heavy atom. The quantitative estimate of drug-likeness (QED) is 0.192. The molecule has 1 aliphatic carbocycles. The lowest BCUT2D eigenvalue weighted by Crippen LogP contribution is -2.31. The Bertz CT molecular complexity index is 990. The van der Waals surface area contributed by atoms with Crippen molar-refractivity contribution in [2.75, 3.05) is 7.05 Å². The van der Waals surface area contributed by atoms with Crippen molar-refractivity contribution in [1.82, 2.24) is 5.32 Å². The van der Waals surface area contributed by atoms with Crippen LogP contribution in [0.2, 0.25) is 0 Å². The van der Waals surface area contributed by atoms with Gasteiger partial charge in [-0.1, -0.05) is 73.4 Å². The first-order valence-corrected chi connectivity index (χ1v) is 13.1. The summed E-state index contributed by atoms with van der Waals surface area (Å²) in [6, 6.07) is 0.353. The molecule has 0 amide bonds. The van der Waals surface area contributed by atoms with E-state index >= 15 is 0 Å². The van der Waals surface area contributed by atoms with Crippen LogP contribution in [0, 0.1) is 5.92 Å². The van der Waals surface area contributed by atoms with Crippen LogP contribution in [-0.2, 0) is 0 Å². The van der Waals surface area contributed by atoms with Crippen molar-refractivity contribution in [3.05, 3.63) is 108 Å². The van der Waals surface area contributed by atoms with Gasteiger partial charge in [0.2, 0.25) is 0 Å². The third-order valence-corrected chi connectivity index (χ3v) is 7.12. The zero-order chi connectivity index (χ0) is 25.8. The molecule has 1 N–H and O–H groups in total. The highest BCUT2D eigenvalue weighted by Crippen LogP contribution is 2.29. The summed E-state index contributed by atoms with van der Waals surface area (Å²) in [4.78, 5) is 5.10. The van der Waals surface area contributed by atoms with Crippen LogP contribution >= 0.6 is 0 Å². The molecular formula is C33H46N2. The molecule has 1 aliphatic heterocycles. The molecule has 0 aromatic carbocycles. The lowest BCUT2D eigenvalue weighted by molar-refractivity contribution is 0.383. The lowest BCUT2D eigenvalue weighted by atomic mass is 9.91. The van der Waals surface area contributed by atoms with Crippen LogP contribution in [0.15, 0.2) is 113 Å². The van der Waals surface area contributed by atoms with Crippen LogP contribution in [0.4, 0.5) is 0 Å². The normalized spacial score (nSPS) is 21.8. The smallest absolute Gasteiger partial charge is 0.0665 e. The third kappa shape index (κ3) is 9.45. The summed E-state index contributed by atoms with van der Waals surface area (Å²) >= 11 is 0. The van der Waals surface area contributed by atoms with Gasteiger partial charge in [-0.2, -0.15) is 0 Å². The third-order valence-electron chi connectivity index (χ3n) is 7.12. The Morgan fingerprint density at radius 1 is 1.20 bits per heavy atom. The lowest BCUT2D eigenvalue weighted by Gasteiger charge is -2.23. The van der Waals surface area contributed by atoms with Crippen molar-refractivity contribution in [2.45, 2.75) is 78.2 Å². The second-order valence-electron chi connectivity index (χ2n) is 9.97. The second kappa shape index (κ2) is 14.6. The predicted octanol–water partition coefficient (Wildman–Crippen LogP) is 8.91. The van der Waals surface area contributed by atoms with Gasteiger partial charge in [-0.05, 0) is 108 Å². The van der Waals surface area contributed by atoms with Crippen molar-refractivity contribution in [2.24, 2.45) is 10.9 Å². The van der Waals surface area contributed by atoms with Crippen molar-refractivity contribution in [3.63, 3.8) is 0 Å². The largest absolute Gasteiger partial charge is 0.313 e. The maximum Gasteiger partial charge on any atom is 0.0665 e. The van der Waals surface area contributed by atoms with Gasteiger partial charge in [-0.25, -0.2) is 0 Å². The standard InChI is InChI=1S/C33H46N2/c1-9-24(3)14-17-27(6)28(7)23-29(10-2)33-20-16-26(5)22-31(35-33)19-21-32(34-8)30-13-11-12-25(4)15-18-30/h9-10,14,19-21,23,30,32,34H,1,4-6,11-13,15-18,22H2,2-3,7-8H3/b21-19-,24-14-,28-23-,29-10+. The number of rotatable bonds is 10. The number of hydrogen-bond donors (Lipinski definition) is 1. The first kappa shape index (κ1) is 28.5. The van der Waals surface area contributed by atoms with Gasteiger partial charge < -0.3 is 5.32 Å². The summed E-state index contributed by atoms with van der Waals surface area (Å²) in [5.74, 6) is 0.640. The summed E-state index contributed by atoms with van der Waals surface area (Å²) in [6.07, 6.45) is 23.6. The average Bonchev–Trinajstić information content (AvgIpc) is 3.18. The van der Waals surface area contributed by atoms with Crippen LogP contribution < -0.4 is 5.32 Å². The molecule has 2 nitrogen and oxygen atoms in total. The molecule has 0 bridgehead atoms. The number of aliphatic imine (C=N–C) groups is 1. The van der Waals surface area contributed by atoms with E-state index in [2.05, 4.69) is 95.9 Å². The Hall–Kier alpha value is -2.71. The first-order valence-electron chi connectivity index (χ1n) is 13.1. The van der Waals surface area contributed by atoms with Crippen LogP contribution in [0.1, 0.15) is 72.1 Å².